The van der Waals surface area contributed by atoms with Crippen LogP contribution in [0.2, 0.25) is 0 Å². The van der Waals surface area contributed by atoms with Gasteiger partial charge in [-0.05, 0) is 44.7 Å². The van der Waals surface area contributed by atoms with Crippen LogP contribution in [0.4, 0.5) is 5.82 Å². The normalized spacial score (nSPS) is 22.7. The molecule has 1 aromatic rings. The van der Waals surface area contributed by atoms with Gasteiger partial charge in [0.1, 0.15) is 5.82 Å². The Labute approximate surface area is 110 Å². The molecule has 1 aromatic heterocycles. The summed E-state index contributed by atoms with van der Waals surface area (Å²) >= 11 is 0. The molecule has 100 valence electrons. The molecule has 2 rings (SSSR count). The van der Waals surface area contributed by atoms with Crippen LogP contribution in [-0.2, 0) is 4.74 Å². The third kappa shape index (κ3) is 3.02. The number of hydrogen-bond donors (Lipinski definition) is 1. The molecule has 0 radical (unpaired) electrons. The average Bonchev–Trinajstić information content (AvgIpc) is 2.39. The van der Waals surface area contributed by atoms with Crippen LogP contribution in [0.1, 0.15) is 45.2 Å². The SMILES string of the molecule is CCC1(CC)CC(Nc2cccc(C)n2)CCO1. The van der Waals surface area contributed by atoms with Crippen LogP contribution in [0.25, 0.3) is 0 Å². The molecule has 0 aromatic carbocycles. The summed E-state index contributed by atoms with van der Waals surface area (Å²) in [4.78, 5) is 4.51. The molecule has 1 aliphatic rings. The van der Waals surface area contributed by atoms with Crippen molar-refractivity contribution in [3.63, 3.8) is 0 Å². The Morgan fingerprint density at radius 3 is 2.83 bits per heavy atom. The zero-order valence-corrected chi connectivity index (χ0v) is 11.7. The molecule has 0 amide bonds. The van der Waals surface area contributed by atoms with Crippen LogP contribution < -0.4 is 5.32 Å². The minimum atomic E-state index is 0.0692. The first-order valence-electron chi connectivity index (χ1n) is 7.01. The van der Waals surface area contributed by atoms with Crippen LogP contribution in [-0.4, -0.2) is 23.2 Å². The number of nitrogens with one attached hydrogen (secondary N) is 1. The highest BCUT2D eigenvalue weighted by molar-refractivity contribution is 5.36. The third-order valence-corrected chi connectivity index (χ3v) is 4.02. The predicted octanol–water partition coefficient (Wildman–Crippen LogP) is 3.54. The lowest BCUT2D eigenvalue weighted by atomic mass is 9.86. The highest BCUT2D eigenvalue weighted by atomic mass is 16.5. The van der Waals surface area contributed by atoms with E-state index in [4.69, 9.17) is 4.74 Å². The Morgan fingerprint density at radius 1 is 1.39 bits per heavy atom. The molecule has 1 N–H and O–H groups in total. The molecule has 0 aliphatic carbocycles. The van der Waals surface area contributed by atoms with Crippen LogP contribution in [0.3, 0.4) is 0 Å². The van der Waals surface area contributed by atoms with Crippen LogP contribution in [0, 0.1) is 6.92 Å². The first kappa shape index (κ1) is 13.3. The van der Waals surface area contributed by atoms with E-state index in [1.54, 1.807) is 0 Å². The number of nitrogens with zero attached hydrogens (tertiary/aromatic N) is 1. The lowest BCUT2D eigenvalue weighted by molar-refractivity contribution is -0.0864. The van der Waals surface area contributed by atoms with Gasteiger partial charge in [-0.1, -0.05) is 19.9 Å². The molecule has 1 atom stereocenters. The number of aromatic nitrogens is 1. The van der Waals surface area contributed by atoms with Gasteiger partial charge in [0.25, 0.3) is 0 Å². The van der Waals surface area contributed by atoms with E-state index in [2.05, 4.69) is 30.2 Å². The zero-order valence-electron chi connectivity index (χ0n) is 11.7. The molecule has 0 spiro atoms. The van der Waals surface area contributed by atoms with Crippen LogP contribution in [0.15, 0.2) is 18.2 Å². The van der Waals surface area contributed by atoms with Crippen molar-refractivity contribution in [2.45, 2.75) is 58.1 Å². The van der Waals surface area contributed by atoms with Gasteiger partial charge in [0, 0.05) is 18.3 Å². The maximum Gasteiger partial charge on any atom is 0.126 e. The van der Waals surface area contributed by atoms with Crippen molar-refractivity contribution in [2.24, 2.45) is 0 Å². The molecule has 1 unspecified atom stereocenters. The minimum Gasteiger partial charge on any atom is -0.375 e. The maximum absolute atomic E-state index is 6.00. The lowest BCUT2D eigenvalue weighted by Gasteiger charge is -2.40. The Kier molecular flexibility index (Phi) is 4.23. The second-order valence-electron chi connectivity index (χ2n) is 5.24. The van der Waals surface area contributed by atoms with Gasteiger partial charge in [-0.25, -0.2) is 4.98 Å². The Balaban J connectivity index is 2.01. The fourth-order valence-corrected chi connectivity index (χ4v) is 2.73. The number of aryl methyl sites for hydroxylation is 1. The minimum absolute atomic E-state index is 0.0692. The van der Waals surface area contributed by atoms with E-state index < -0.39 is 0 Å². The summed E-state index contributed by atoms with van der Waals surface area (Å²) < 4.78 is 6.00. The van der Waals surface area contributed by atoms with Gasteiger partial charge in [-0.2, -0.15) is 0 Å². The monoisotopic (exact) mass is 248 g/mol. The van der Waals surface area contributed by atoms with E-state index in [9.17, 15) is 0 Å². The van der Waals surface area contributed by atoms with Gasteiger partial charge in [0.15, 0.2) is 0 Å². The summed E-state index contributed by atoms with van der Waals surface area (Å²) in [6, 6.07) is 6.60. The lowest BCUT2D eigenvalue weighted by Crippen LogP contribution is -2.43. The molecule has 0 bridgehead atoms. The van der Waals surface area contributed by atoms with Gasteiger partial charge >= 0.3 is 0 Å². The third-order valence-electron chi connectivity index (χ3n) is 4.02. The zero-order chi connectivity index (χ0) is 13.0. The fourth-order valence-electron chi connectivity index (χ4n) is 2.73. The number of anilines is 1. The van der Waals surface area contributed by atoms with Crippen molar-refractivity contribution < 1.29 is 4.74 Å². The molecular weight excluding hydrogens is 224 g/mol. The van der Waals surface area contributed by atoms with Gasteiger partial charge in [0.05, 0.1) is 5.60 Å². The van der Waals surface area contributed by atoms with Gasteiger partial charge < -0.3 is 10.1 Å². The van der Waals surface area contributed by atoms with Crippen molar-refractivity contribution in [3.05, 3.63) is 23.9 Å². The summed E-state index contributed by atoms with van der Waals surface area (Å²) in [5, 5.41) is 3.55. The number of hydrogen-bond acceptors (Lipinski definition) is 3. The van der Waals surface area contributed by atoms with E-state index in [-0.39, 0.29) is 5.60 Å². The fraction of sp³-hybridized carbons (Fsp3) is 0.667. The van der Waals surface area contributed by atoms with E-state index >= 15 is 0 Å². The topological polar surface area (TPSA) is 34.2 Å². The van der Waals surface area contributed by atoms with Crippen LogP contribution >= 0.6 is 0 Å². The first-order valence-corrected chi connectivity index (χ1v) is 7.01. The first-order chi connectivity index (χ1) is 8.67. The molecule has 2 heterocycles. The second kappa shape index (κ2) is 5.70. The predicted molar refractivity (Wildman–Crippen MR) is 74.9 cm³/mol. The smallest absolute Gasteiger partial charge is 0.126 e. The number of rotatable bonds is 4. The summed E-state index contributed by atoms with van der Waals surface area (Å²) in [6.07, 6.45) is 4.32. The van der Waals surface area contributed by atoms with Crippen LogP contribution in [0.5, 0.6) is 0 Å². The van der Waals surface area contributed by atoms with Crippen molar-refractivity contribution in [2.75, 3.05) is 11.9 Å². The molecule has 1 aliphatic heterocycles. The second-order valence-corrected chi connectivity index (χ2v) is 5.24. The van der Waals surface area contributed by atoms with Crippen molar-refractivity contribution in [1.29, 1.82) is 0 Å². The van der Waals surface area contributed by atoms with E-state index in [0.717, 1.165) is 43.8 Å². The van der Waals surface area contributed by atoms with Gasteiger partial charge in [-0.15, -0.1) is 0 Å². The van der Waals surface area contributed by atoms with Crippen molar-refractivity contribution in [1.82, 2.24) is 4.98 Å². The molecule has 1 fully saturated rings. The largest absolute Gasteiger partial charge is 0.375 e. The van der Waals surface area contributed by atoms with Crippen molar-refractivity contribution >= 4 is 5.82 Å². The van der Waals surface area contributed by atoms with E-state index in [0.29, 0.717) is 6.04 Å². The Bertz CT molecular complexity index is 388. The maximum atomic E-state index is 6.00. The highest BCUT2D eigenvalue weighted by Crippen LogP contribution is 2.32. The molecule has 0 saturated carbocycles. The molecule has 1 saturated heterocycles. The quantitative estimate of drug-likeness (QED) is 0.885. The van der Waals surface area contributed by atoms with Crippen molar-refractivity contribution in [3.8, 4) is 0 Å². The van der Waals surface area contributed by atoms with E-state index in [1.807, 2.05) is 19.1 Å². The molecule has 3 heteroatoms. The highest BCUT2D eigenvalue weighted by Gasteiger charge is 2.34. The summed E-state index contributed by atoms with van der Waals surface area (Å²) in [6.45, 7) is 7.32. The van der Waals surface area contributed by atoms with E-state index in [1.165, 1.54) is 0 Å². The molecule has 3 nitrogen and oxygen atoms in total. The average molecular weight is 248 g/mol. The molecule has 18 heavy (non-hydrogen) atoms. The summed E-state index contributed by atoms with van der Waals surface area (Å²) in [5.41, 5.74) is 1.13. The molecular formula is C15H24N2O. The number of ether oxygens (including phenoxy) is 1. The van der Waals surface area contributed by atoms with Gasteiger partial charge in [-0.3, -0.25) is 0 Å². The Hall–Kier alpha value is -1.09. The summed E-state index contributed by atoms with van der Waals surface area (Å²) in [7, 11) is 0. The van der Waals surface area contributed by atoms with Gasteiger partial charge in [0.2, 0.25) is 0 Å². The summed E-state index contributed by atoms with van der Waals surface area (Å²) in [5.74, 6) is 0.989. The standard InChI is InChI=1S/C15H24N2O/c1-4-15(5-2)11-13(9-10-18-15)17-14-8-6-7-12(3)16-14/h6-8,13H,4-5,9-11H2,1-3H3,(H,16,17). The Morgan fingerprint density at radius 2 is 2.17 bits per heavy atom. The number of pyridine rings is 1.